The minimum absolute atomic E-state index is 0.127. The zero-order valence-electron chi connectivity index (χ0n) is 13.7. The van der Waals surface area contributed by atoms with Crippen LogP contribution in [-0.4, -0.2) is 18.5 Å². The van der Waals surface area contributed by atoms with Crippen molar-refractivity contribution in [3.05, 3.63) is 70.8 Å². The number of hydrogen-bond acceptors (Lipinski definition) is 3. The lowest BCUT2D eigenvalue weighted by Crippen LogP contribution is -2.31. The van der Waals surface area contributed by atoms with Crippen LogP contribution < -0.4 is 5.32 Å². The molecule has 1 N–H and O–H groups in total. The minimum atomic E-state index is -0.452. The first-order valence-electron chi connectivity index (χ1n) is 8.27. The average molecular weight is 323 g/mol. The molecule has 124 valence electrons. The lowest BCUT2D eigenvalue weighted by Gasteiger charge is -2.14. The van der Waals surface area contributed by atoms with Gasteiger partial charge in [0, 0.05) is 0 Å². The maximum atomic E-state index is 12.1. The van der Waals surface area contributed by atoms with Crippen LogP contribution in [0.15, 0.2) is 48.5 Å². The lowest BCUT2D eigenvalue weighted by atomic mass is 10.1. The van der Waals surface area contributed by atoms with Crippen LogP contribution in [0.25, 0.3) is 0 Å². The van der Waals surface area contributed by atoms with Gasteiger partial charge in [0.25, 0.3) is 5.91 Å². The zero-order chi connectivity index (χ0) is 16.9. The summed E-state index contributed by atoms with van der Waals surface area (Å²) in [6, 6.07) is 15.2. The van der Waals surface area contributed by atoms with E-state index in [0.717, 1.165) is 24.8 Å². The van der Waals surface area contributed by atoms with E-state index in [2.05, 4.69) is 5.32 Å². The Labute approximate surface area is 141 Å². The molecule has 0 saturated carbocycles. The number of ether oxygens (including phenoxy) is 1. The number of hydrogen-bond donors (Lipinski definition) is 1. The van der Waals surface area contributed by atoms with Crippen molar-refractivity contribution in [3.63, 3.8) is 0 Å². The van der Waals surface area contributed by atoms with E-state index in [1.807, 2.05) is 49.4 Å². The van der Waals surface area contributed by atoms with Gasteiger partial charge < -0.3 is 10.1 Å². The molecule has 0 saturated heterocycles. The van der Waals surface area contributed by atoms with Crippen molar-refractivity contribution in [1.29, 1.82) is 0 Å². The maximum absolute atomic E-state index is 12.1. The van der Waals surface area contributed by atoms with Crippen molar-refractivity contribution in [2.75, 3.05) is 6.61 Å². The SMILES string of the molecule is C[C@@H](NC(=O)COC(=O)c1ccc2c(c1)CCC2)c1ccccc1. The van der Waals surface area contributed by atoms with Crippen LogP contribution in [0.1, 0.15) is 46.4 Å². The Morgan fingerprint density at radius 3 is 2.62 bits per heavy atom. The van der Waals surface area contributed by atoms with E-state index < -0.39 is 5.97 Å². The highest BCUT2D eigenvalue weighted by Gasteiger charge is 2.16. The molecule has 1 aliphatic rings. The number of fused-ring (bicyclic) bond motifs is 1. The van der Waals surface area contributed by atoms with Gasteiger partial charge >= 0.3 is 5.97 Å². The third-order valence-electron chi connectivity index (χ3n) is 4.35. The number of esters is 1. The molecule has 0 aliphatic heterocycles. The fourth-order valence-electron chi connectivity index (χ4n) is 3.02. The van der Waals surface area contributed by atoms with Gasteiger partial charge in [-0.15, -0.1) is 0 Å². The first kappa shape index (κ1) is 16.2. The normalized spacial score (nSPS) is 13.9. The lowest BCUT2D eigenvalue weighted by molar-refractivity contribution is -0.124. The molecule has 3 rings (SSSR count). The highest BCUT2D eigenvalue weighted by atomic mass is 16.5. The predicted octanol–water partition coefficient (Wildman–Crippen LogP) is 3.21. The van der Waals surface area contributed by atoms with Gasteiger partial charge in [-0.3, -0.25) is 4.79 Å². The second-order valence-corrected chi connectivity index (χ2v) is 6.11. The molecule has 24 heavy (non-hydrogen) atoms. The summed E-state index contributed by atoms with van der Waals surface area (Å²) in [5.41, 5.74) is 4.04. The number of carbonyl (C=O) groups excluding carboxylic acids is 2. The van der Waals surface area contributed by atoms with Gasteiger partial charge in [0.05, 0.1) is 11.6 Å². The van der Waals surface area contributed by atoms with E-state index in [4.69, 9.17) is 4.74 Å². The smallest absolute Gasteiger partial charge is 0.338 e. The molecule has 0 spiro atoms. The summed E-state index contributed by atoms with van der Waals surface area (Å²) in [5.74, 6) is -0.756. The van der Waals surface area contributed by atoms with Crippen molar-refractivity contribution < 1.29 is 14.3 Å². The minimum Gasteiger partial charge on any atom is -0.452 e. The summed E-state index contributed by atoms with van der Waals surface area (Å²) in [5, 5.41) is 2.83. The summed E-state index contributed by atoms with van der Waals surface area (Å²) in [6.45, 7) is 1.63. The summed E-state index contributed by atoms with van der Waals surface area (Å²) < 4.78 is 5.14. The van der Waals surface area contributed by atoms with E-state index in [1.54, 1.807) is 6.07 Å². The maximum Gasteiger partial charge on any atom is 0.338 e. The molecule has 4 nitrogen and oxygen atoms in total. The second kappa shape index (κ2) is 7.30. The Kier molecular flexibility index (Phi) is 4.94. The number of amides is 1. The molecule has 1 atom stereocenters. The third-order valence-corrected chi connectivity index (χ3v) is 4.35. The zero-order valence-corrected chi connectivity index (χ0v) is 13.7. The monoisotopic (exact) mass is 323 g/mol. The van der Waals surface area contributed by atoms with E-state index >= 15 is 0 Å². The molecule has 0 heterocycles. The Hall–Kier alpha value is -2.62. The third kappa shape index (κ3) is 3.82. The quantitative estimate of drug-likeness (QED) is 0.860. The van der Waals surface area contributed by atoms with Gasteiger partial charge in [0.2, 0.25) is 0 Å². The Morgan fingerprint density at radius 1 is 1.08 bits per heavy atom. The molecule has 4 heteroatoms. The molecule has 0 radical (unpaired) electrons. The molecule has 1 aliphatic carbocycles. The predicted molar refractivity (Wildman–Crippen MR) is 91.7 cm³/mol. The summed E-state index contributed by atoms with van der Waals surface area (Å²) >= 11 is 0. The topological polar surface area (TPSA) is 55.4 Å². The first-order valence-corrected chi connectivity index (χ1v) is 8.27. The van der Waals surface area contributed by atoms with Crippen molar-refractivity contribution >= 4 is 11.9 Å². The van der Waals surface area contributed by atoms with Gasteiger partial charge in [0.1, 0.15) is 0 Å². The van der Waals surface area contributed by atoms with Crippen LogP contribution in [0.2, 0.25) is 0 Å². The van der Waals surface area contributed by atoms with Gasteiger partial charge in [-0.25, -0.2) is 4.79 Å². The number of aryl methyl sites for hydroxylation is 2. The Morgan fingerprint density at radius 2 is 1.83 bits per heavy atom. The number of rotatable bonds is 5. The van der Waals surface area contributed by atoms with Gasteiger partial charge in [-0.1, -0.05) is 36.4 Å². The molecule has 0 unspecified atom stereocenters. The van der Waals surface area contributed by atoms with E-state index in [0.29, 0.717) is 5.56 Å². The summed E-state index contributed by atoms with van der Waals surface area (Å²) in [7, 11) is 0. The van der Waals surface area contributed by atoms with Gasteiger partial charge in [0.15, 0.2) is 6.61 Å². The van der Waals surface area contributed by atoms with Crippen LogP contribution in [0.3, 0.4) is 0 Å². The van der Waals surface area contributed by atoms with Gasteiger partial charge in [-0.2, -0.15) is 0 Å². The number of benzene rings is 2. The van der Waals surface area contributed by atoms with E-state index in [1.165, 1.54) is 11.1 Å². The van der Waals surface area contributed by atoms with Crippen LogP contribution in [0, 0.1) is 0 Å². The summed E-state index contributed by atoms with van der Waals surface area (Å²) in [6.07, 6.45) is 3.21. The molecule has 0 fully saturated rings. The fourth-order valence-corrected chi connectivity index (χ4v) is 3.02. The Balaban J connectivity index is 1.51. The first-order chi connectivity index (χ1) is 11.6. The molecule has 1 amide bonds. The highest BCUT2D eigenvalue weighted by molar-refractivity contribution is 5.91. The molecular formula is C20H21NO3. The van der Waals surface area contributed by atoms with Crippen LogP contribution in [0.5, 0.6) is 0 Å². The molecule has 0 aromatic heterocycles. The van der Waals surface area contributed by atoms with Crippen LogP contribution >= 0.6 is 0 Å². The fraction of sp³-hybridized carbons (Fsp3) is 0.300. The number of carbonyl (C=O) groups is 2. The molecule has 2 aromatic carbocycles. The molecular weight excluding hydrogens is 302 g/mol. The van der Waals surface area contributed by atoms with Crippen molar-refractivity contribution in [3.8, 4) is 0 Å². The largest absolute Gasteiger partial charge is 0.452 e. The van der Waals surface area contributed by atoms with Crippen LogP contribution in [-0.2, 0) is 22.4 Å². The van der Waals surface area contributed by atoms with Crippen molar-refractivity contribution in [2.24, 2.45) is 0 Å². The van der Waals surface area contributed by atoms with Crippen LogP contribution in [0.4, 0.5) is 0 Å². The van der Waals surface area contributed by atoms with E-state index in [-0.39, 0.29) is 18.6 Å². The second-order valence-electron chi connectivity index (χ2n) is 6.11. The van der Waals surface area contributed by atoms with Crippen molar-refractivity contribution in [1.82, 2.24) is 5.32 Å². The highest BCUT2D eigenvalue weighted by Crippen LogP contribution is 2.23. The average Bonchev–Trinajstić information content (AvgIpc) is 3.08. The molecule has 0 bridgehead atoms. The summed E-state index contributed by atoms with van der Waals surface area (Å²) in [4.78, 5) is 24.1. The molecule has 2 aromatic rings. The number of nitrogens with one attached hydrogen (secondary N) is 1. The van der Waals surface area contributed by atoms with Gasteiger partial charge in [-0.05, 0) is 55.0 Å². The standard InChI is InChI=1S/C20H21NO3/c1-14(15-6-3-2-4-7-15)21-19(22)13-24-20(23)18-11-10-16-8-5-9-17(16)12-18/h2-4,6-7,10-12,14H,5,8-9,13H2,1H3,(H,21,22)/t14-/m1/s1. The Bertz CT molecular complexity index is 740. The van der Waals surface area contributed by atoms with E-state index in [9.17, 15) is 9.59 Å². The van der Waals surface area contributed by atoms with Crippen molar-refractivity contribution in [2.45, 2.75) is 32.2 Å².